The van der Waals surface area contributed by atoms with Crippen molar-refractivity contribution < 1.29 is 32.2 Å². The Bertz CT molecular complexity index is 789. The van der Waals surface area contributed by atoms with Gasteiger partial charge in [-0.05, 0) is 39.3 Å². The molecule has 2 rings (SSSR count). The summed E-state index contributed by atoms with van der Waals surface area (Å²) >= 11 is 0. The monoisotopic (exact) mass is 389 g/mol. The van der Waals surface area contributed by atoms with Gasteiger partial charge in [0.25, 0.3) is 0 Å². The predicted molar refractivity (Wildman–Crippen MR) is 92.8 cm³/mol. The lowest BCUT2D eigenvalue weighted by molar-refractivity contribution is -0.0142. The van der Waals surface area contributed by atoms with E-state index in [1.165, 1.54) is 6.07 Å². The zero-order valence-corrected chi connectivity index (χ0v) is 16.0. The SMILES string of the molecule is CCC1CC(O)(CS(=O)(=O)NC(=O)OC(C)(C)C)c2ccc(F)cc2O1. The zero-order valence-electron chi connectivity index (χ0n) is 15.2. The highest BCUT2D eigenvalue weighted by molar-refractivity contribution is 7.90. The Morgan fingerprint density at radius 2 is 2.12 bits per heavy atom. The first kappa shape index (κ1) is 20.4. The number of rotatable bonds is 4. The Kier molecular flexibility index (Phi) is 5.53. The molecule has 1 amide bonds. The number of amides is 1. The number of carbonyl (C=O) groups is 1. The number of halogens is 1. The minimum absolute atomic E-state index is 0.00262. The van der Waals surface area contributed by atoms with Crippen LogP contribution in [0.1, 0.15) is 46.1 Å². The number of hydrogen-bond acceptors (Lipinski definition) is 6. The summed E-state index contributed by atoms with van der Waals surface area (Å²) in [6, 6.07) is 3.52. The minimum atomic E-state index is -4.22. The van der Waals surface area contributed by atoms with E-state index in [-0.39, 0.29) is 17.7 Å². The first-order chi connectivity index (χ1) is 11.8. The van der Waals surface area contributed by atoms with E-state index >= 15 is 0 Å². The summed E-state index contributed by atoms with van der Waals surface area (Å²) in [4.78, 5) is 11.8. The van der Waals surface area contributed by atoms with E-state index < -0.39 is 45.0 Å². The number of aliphatic hydroxyl groups is 1. The summed E-state index contributed by atoms with van der Waals surface area (Å²) in [5.74, 6) is -1.24. The van der Waals surface area contributed by atoms with Crippen LogP contribution in [0.15, 0.2) is 18.2 Å². The topological polar surface area (TPSA) is 102 Å². The zero-order chi connectivity index (χ0) is 19.8. The van der Waals surface area contributed by atoms with E-state index in [1.54, 1.807) is 25.5 Å². The molecule has 0 aromatic heterocycles. The van der Waals surface area contributed by atoms with Crippen LogP contribution in [0.4, 0.5) is 9.18 Å². The highest BCUT2D eigenvalue weighted by Gasteiger charge is 2.43. The maximum absolute atomic E-state index is 13.5. The summed E-state index contributed by atoms with van der Waals surface area (Å²) in [6.07, 6.45) is -1.11. The van der Waals surface area contributed by atoms with Crippen LogP contribution >= 0.6 is 0 Å². The van der Waals surface area contributed by atoms with Gasteiger partial charge in [0, 0.05) is 18.1 Å². The van der Waals surface area contributed by atoms with Crippen molar-refractivity contribution in [2.45, 2.75) is 57.8 Å². The van der Waals surface area contributed by atoms with Gasteiger partial charge < -0.3 is 14.6 Å². The van der Waals surface area contributed by atoms with E-state index in [9.17, 15) is 22.7 Å². The summed E-state index contributed by atoms with van der Waals surface area (Å²) in [6.45, 7) is 6.61. The van der Waals surface area contributed by atoms with E-state index in [0.29, 0.717) is 6.42 Å². The van der Waals surface area contributed by atoms with Gasteiger partial charge in [-0.25, -0.2) is 22.3 Å². The summed E-state index contributed by atoms with van der Waals surface area (Å²) < 4.78 is 50.6. The maximum atomic E-state index is 13.5. The van der Waals surface area contributed by atoms with E-state index in [0.717, 1.165) is 12.1 Å². The van der Waals surface area contributed by atoms with Crippen LogP contribution in [0, 0.1) is 5.82 Å². The molecule has 1 aromatic rings. The smallest absolute Gasteiger partial charge is 0.421 e. The molecule has 1 aliphatic rings. The van der Waals surface area contributed by atoms with Crippen LogP contribution in [-0.4, -0.2) is 37.1 Å². The molecule has 7 nitrogen and oxygen atoms in total. The fourth-order valence-corrected chi connectivity index (χ4v) is 4.10. The van der Waals surface area contributed by atoms with Crippen molar-refractivity contribution >= 4 is 16.1 Å². The lowest BCUT2D eigenvalue weighted by atomic mass is 9.86. The second-order valence-electron chi connectivity index (χ2n) is 7.39. The number of fused-ring (bicyclic) bond motifs is 1. The third-order valence-electron chi connectivity index (χ3n) is 3.83. The average Bonchev–Trinajstić information content (AvgIpc) is 2.42. The summed E-state index contributed by atoms with van der Waals surface area (Å²) in [5, 5.41) is 11.0. The van der Waals surface area contributed by atoms with Crippen LogP contribution in [-0.2, 0) is 20.4 Å². The minimum Gasteiger partial charge on any atom is -0.490 e. The number of hydrogen-bond donors (Lipinski definition) is 2. The lowest BCUT2D eigenvalue weighted by Crippen LogP contribution is -2.47. The molecule has 0 saturated carbocycles. The van der Waals surface area contributed by atoms with Crippen molar-refractivity contribution in [2.24, 2.45) is 0 Å². The van der Waals surface area contributed by atoms with E-state index in [4.69, 9.17) is 9.47 Å². The van der Waals surface area contributed by atoms with Crippen LogP contribution in [0.3, 0.4) is 0 Å². The van der Waals surface area contributed by atoms with Gasteiger partial charge in [0.1, 0.15) is 34.6 Å². The van der Waals surface area contributed by atoms with Crippen molar-refractivity contribution in [1.82, 2.24) is 4.72 Å². The standard InChI is InChI=1S/C17H24FNO6S/c1-5-12-9-17(21,13-7-6-11(18)8-14(13)24-12)10-26(22,23)19-15(20)25-16(2,3)4/h6-8,12,21H,5,9-10H2,1-4H3,(H,19,20). The summed E-state index contributed by atoms with van der Waals surface area (Å²) in [7, 11) is -4.22. The molecule has 0 fully saturated rings. The predicted octanol–water partition coefficient (Wildman–Crippen LogP) is 2.43. The highest BCUT2D eigenvalue weighted by atomic mass is 32.2. The molecule has 2 unspecified atom stereocenters. The van der Waals surface area contributed by atoms with Gasteiger partial charge in [-0.2, -0.15) is 0 Å². The molecule has 2 atom stereocenters. The second kappa shape index (κ2) is 7.03. The Morgan fingerprint density at radius 1 is 1.46 bits per heavy atom. The summed E-state index contributed by atoms with van der Waals surface area (Å²) in [5.41, 5.74) is -2.53. The quantitative estimate of drug-likeness (QED) is 0.820. The van der Waals surface area contributed by atoms with E-state index in [1.807, 2.05) is 6.92 Å². The maximum Gasteiger partial charge on any atom is 0.421 e. The molecule has 1 aromatic carbocycles. The van der Waals surface area contributed by atoms with Crippen LogP contribution in [0.2, 0.25) is 0 Å². The molecule has 0 bridgehead atoms. The van der Waals surface area contributed by atoms with Crippen LogP contribution in [0.5, 0.6) is 5.75 Å². The Balaban J connectivity index is 2.27. The van der Waals surface area contributed by atoms with Gasteiger partial charge >= 0.3 is 6.09 Å². The molecule has 1 heterocycles. The van der Waals surface area contributed by atoms with Crippen molar-refractivity contribution in [3.63, 3.8) is 0 Å². The fraction of sp³-hybridized carbons (Fsp3) is 0.588. The van der Waals surface area contributed by atoms with Gasteiger partial charge in [-0.3, -0.25) is 0 Å². The van der Waals surface area contributed by atoms with Crippen LogP contribution < -0.4 is 9.46 Å². The molecule has 26 heavy (non-hydrogen) atoms. The Morgan fingerprint density at radius 3 is 2.69 bits per heavy atom. The van der Waals surface area contributed by atoms with Gasteiger partial charge in [0.15, 0.2) is 0 Å². The first-order valence-electron chi connectivity index (χ1n) is 8.26. The normalized spacial score (nSPS) is 22.9. The number of ether oxygens (including phenoxy) is 2. The Hall–Kier alpha value is -1.87. The first-order valence-corrected chi connectivity index (χ1v) is 9.91. The number of carbonyl (C=O) groups excluding carboxylic acids is 1. The van der Waals surface area contributed by atoms with Crippen molar-refractivity contribution in [3.05, 3.63) is 29.6 Å². The lowest BCUT2D eigenvalue weighted by Gasteiger charge is -2.38. The molecule has 0 saturated heterocycles. The van der Waals surface area contributed by atoms with Gasteiger partial charge in [0.05, 0.1) is 0 Å². The largest absolute Gasteiger partial charge is 0.490 e. The van der Waals surface area contributed by atoms with Gasteiger partial charge in [-0.15, -0.1) is 0 Å². The van der Waals surface area contributed by atoms with E-state index in [2.05, 4.69) is 0 Å². The number of nitrogens with one attached hydrogen (secondary N) is 1. The van der Waals surface area contributed by atoms with Crippen molar-refractivity contribution in [1.29, 1.82) is 0 Å². The molecule has 2 N–H and O–H groups in total. The third kappa shape index (κ3) is 5.07. The molecule has 0 radical (unpaired) electrons. The Labute approximate surface area is 152 Å². The number of sulfonamides is 1. The molecule has 146 valence electrons. The second-order valence-corrected chi connectivity index (χ2v) is 9.11. The molecular formula is C17H24FNO6S. The van der Waals surface area contributed by atoms with Crippen molar-refractivity contribution in [3.8, 4) is 5.75 Å². The number of benzene rings is 1. The molecule has 0 aliphatic carbocycles. The highest BCUT2D eigenvalue weighted by Crippen LogP contribution is 2.41. The fourth-order valence-electron chi connectivity index (χ4n) is 2.83. The molecule has 0 spiro atoms. The molecule has 1 aliphatic heterocycles. The molecular weight excluding hydrogens is 365 g/mol. The third-order valence-corrected chi connectivity index (χ3v) is 5.16. The average molecular weight is 389 g/mol. The van der Waals surface area contributed by atoms with Gasteiger partial charge in [-0.1, -0.05) is 6.92 Å². The molecule has 9 heteroatoms. The van der Waals surface area contributed by atoms with Crippen LogP contribution in [0.25, 0.3) is 0 Å². The van der Waals surface area contributed by atoms with Crippen molar-refractivity contribution in [2.75, 3.05) is 5.75 Å². The van der Waals surface area contributed by atoms with Gasteiger partial charge in [0.2, 0.25) is 10.0 Å².